The van der Waals surface area contributed by atoms with E-state index >= 15 is 0 Å². The molecule has 0 unspecified atom stereocenters. The number of anilines is 1. The Balaban J connectivity index is 1.23. The van der Waals surface area contributed by atoms with Crippen LogP contribution in [0.1, 0.15) is 0 Å². The molecule has 0 atom stereocenters. The van der Waals surface area contributed by atoms with Gasteiger partial charge in [0.25, 0.3) is 11.1 Å². The lowest BCUT2D eigenvalue weighted by atomic mass is 10.3. The number of nitrogens with zero attached hydrogens (tertiary/aromatic N) is 8. The lowest BCUT2D eigenvalue weighted by molar-refractivity contribution is 0.242. The Morgan fingerprint density at radius 2 is 1.71 bits per heavy atom. The van der Waals surface area contributed by atoms with E-state index in [0.29, 0.717) is 23.8 Å². The van der Waals surface area contributed by atoms with E-state index in [0.717, 1.165) is 32.7 Å². The van der Waals surface area contributed by atoms with Crippen LogP contribution in [0.4, 0.5) is 5.82 Å². The Labute approximate surface area is 177 Å². The van der Waals surface area contributed by atoms with Crippen LogP contribution in [0.15, 0.2) is 70.6 Å². The third-order valence-electron chi connectivity index (χ3n) is 5.47. The molecule has 1 aliphatic heterocycles. The molecule has 0 amide bonds. The summed E-state index contributed by atoms with van der Waals surface area (Å²) >= 11 is 0. The van der Waals surface area contributed by atoms with E-state index in [1.807, 2.05) is 24.3 Å². The first kappa shape index (κ1) is 19.2. The van der Waals surface area contributed by atoms with Gasteiger partial charge in [-0.2, -0.15) is 5.10 Å². The van der Waals surface area contributed by atoms with E-state index in [1.54, 1.807) is 39.8 Å². The van der Waals surface area contributed by atoms with Crippen molar-refractivity contribution in [2.24, 2.45) is 0 Å². The van der Waals surface area contributed by atoms with E-state index in [9.17, 15) is 9.59 Å². The summed E-state index contributed by atoms with van der Waals surface area (Å²) in [4.78, 5) is 33.6. The molecule has 158 valence electrons. The quantitative estimate of drug-likeness (QED) is 0.459. The van der Waals surface area contributed by atoms with Crippen molar-refractivity contribution in [2.45, 2.75) is 6.54 Å². The largest absolute Gasteiger partial charge is 0.354 e. The van der Waals surface area contributed by atoms with Crippen LogP contribution < -0.4 is 16.0 Å². The highest BCUT2D eigenvalue weighted by Gasteiger charge is 2.19. The van der Waals surface area contributed by atoms with Gasteiger partial charge in [-0.25, -0.2) is 14.3 Å². The predicted molar refractivity (Wildman–Crippen MR) is 116 cm³/mol. The number of pyridine rings is 1. The molecule has 0 spiro atoms. The summed E-state index contributed by atoms with van der Waals surface area (Å²) in [5.41, 5.74) is 0.441. The summed E-state index contributed by atoms with van der Waals surface area (Å²) in [6, 6.07) is 12.1. The fourth-order valence-corrected chi connectivity index (χ4v) is 3.76. The van der Waals surface area contributed by atoms with Gasteiger partial charge >= 0.3 is 0 Å². The van der Waals surface area contributed by atoms with Gasteiger partial charge in [0, 0.05) is 63.4 Å². The number of aromatic nitrogens is 6. The molecule has 1 fully saturated rings. The first-order chi connectivity index (χ1) is 15.2. The second-order valence-corrected chi connectivity index (χ2v) is 7.41. The van der Waals surface area contributed by atoms with Crippen molar-refractivity contribution in [3.05, 3.63) is 81.8 Å². The first-order valence-corrected chi connectivity index (χ1v) is 10.2. The van der Waals surface area contributed by atoms with Crippen molar-refractivity contribution >= 4 is 11.5 Å². The van der Waals surface area contributed by atoms with Crippen molar-refractivity contribution in [3.63, 3.8) is 0 Å². The average Bonchev–Trinajstić information content (AvgIpc) is 3.34. The molecule has 0 radical (unpaired) electrons. The lowest BCUT2D eigenvalue weighted by Gasteiger charge is -2.35. The summed E-state index contributed by atoms with van der Waals surface area (Å²) in [5, 5.41) is 8.58. The molecular weight excluding hydrogens is 396 g/mol. The topological polar surface area (TPSA) is 93.6 Å². The number of hydrogen-bond donors (Lipinski definition) is 0. The minimum absolute atomic E-state index is 0.0782. The van der Waals surface area contributed by atoms with Crippen LogP contribution in [-0.2, 0) is 6.54 Å². The van der Waals surface area contributed by atoms with Gasteiger partial charge in [0.05, 0.1) is 6.54 Å². The number of piperazine rings is 1. The van der Waals surface area contributed by atoms with Crippen LogP contribution in [0.3, 0.4) is 0 Å². The maximum absolute atomic E-state index is 12.4. The maximum atomic E-state index is 12.4. The number of rotatable bonds is 5. The summed E-state index contributed by atoms with van der Waals surface area (Å²) in [6.45, 7) is 4.41. The van der Waals surface area contributed by atoms with E-state index in [-0.39, 0.29) is 11.1 Å². The third-order valence-corrected chi connectivity index (χ3v) is 5.47. The molecule has 10 heteroatoms. The highest BCUT2D eigenvalue weighted by Crippen LogP contribution is 2.13. The second-order valence-electron chi connectivity index (χ2n) is 7.41. The zero-order chi connectivity index (χ0) is 21.2. The fraction of sp³-hybridized carbons (Fsp3) is 0.286. The smallest absolute Gasteiger partial charge is 0.266 e. The SMILES string of the molecule is O=c1ccc(-n2cccn2)nn1CCN1CCN(c2cc(=O)n3ccccc3n2)CC1. The normalized spacial score (nSPS) is 14.9. The summed E-state index contributed by atoms with van der Waals surface area (Å²) in [7, 11) is 0. The molecule has 0 aromatic carbocycles. The van der Waals surface area contributed by atoms with Crippen LogP contribution in [0, 0.1) is 0 Å². The van der Waals surface area contributed by atoms with E-state index in [1.165, 1.54) is 10.7 Å². The van der Waals surface area contributed by atoms with Gasteiger partial charge in [0.1, 0.15) is 11.5 Å². The molecule has 1 aliphatic rings. The molecule has 5 heterocycles. The fourth-order valence-electron chi connectivity index (χ4n) is 3.76. The molecule has 5 rings (SSSR count). The molecule has 4 aromatic rings. The second kappa shape index (κ2) is 8.15. The Kier molecular flexibility index (Phi) is 5.04. The summed E-state index contributed by atoms with van der Waals surface area (Å²) in [5.74, 6) is 1.32. The lowest BCUT2D eigenvalue weighted by Crippen LogP contribution is -2.48. The van der Waals surface area contributed by atoms with E-state index < -0.39 is 0 Å². The highest BCUT2D eigenvalue weighted by atomic mass is 16.1. The van der Waals surface area contributed by atoms with Crippen LogP contribution >= 0.6 is 0 Å². The zero-order valence-electron chi connectivity index (χ0n) is 16.9. The van der Waals surface area contributed by atoms with Crippen molar-refractivity contribution in [1.82, 2.24) is 33.8 Å². The molecule has 1 saturated heterocycles. The van der Waals surface area contributed by atoms with Crippen molar-refractivity contribution in [3.8, 4) is 5.82 Å². The summed E-state index contributed by atoms with van der Waals surface area (Å²) in [6.07, 6.45) is 5.20. The Morgan fingerprint density at radius 3 is 2.52 bits per heavy atom. The molecule has 0 aliphatic carbocycles. The average molecular weight is 418 g/mol. The van der Waals surface area contributed by atoms with Crippen LogP contribution in [0.25, 0.3) is 11.5 Å². The Hall–Kier alpha value is -3.79. The third kappa shape index (κ3) is 3.97. The standard InChI is InChI=1S/C21H22N8O2/c30-20-6-5-18(28-9-3-7-22-28)24-29(20)15-12-25-10-13-26(14-11-25)19-16-21(31)27-8-2-1-4-17(27)23-19/h1-9,16H,10-15H2. The van der Waals surface area contributed by atoms with Crippen LogP contribution in [0.2, 0.25) is 0 Å². The molecule has 0 N–H and O–H groups in total. The Bertz CT molecular complexity index is 1300. The van der Waals surface area contributed by atoms with Crippen LogP contribution in [-0.4, -0.2) is 66.6 Å². The van der Waals surface area contributed by atoms with Gasteiger partial charge < -0.3 is 4.90 Å². The first-order valence-electron chi connectivity index (χ1n) is 10.2. The minimum Gasteiger partial charge on any atom is -0.354 e. The van der Waals surface area contributed by atoms with Crippen molar-refractivity contribution < 1.29 is 0 Å². The molecule has 0 saturated carbocycles. The zero-order valence-corrected chi connectivity index (χ0v) is 16.9. The minimum atomic E-state index is -0.129. The molecule has 4 aromatic heterocycles. The van der Waals surface area contributed by atoms with E-state index in [2.05, 4.69) is 25.0 Å². The molecule has 0 bridgehead atoms. The van der Waals surface area contributed by atoms with Gasteiger partial charge in [-0.05, 0) is 24.3 Å². The highest BCUT2D eigenvalue weighted by molar-refractivity contribution is 5.48. The molecular formula is C21H22N8O2. The van der Waals surface area contributed by atoms with Gasteiger partial charge in [0.2, 0.25) is 0 Å². The molecule has 10 nitrogen and oxygen atoms in total. The van der Waals surface area contributed by atoms with Gasteiger partial charge in [-0.15, -0.1) is 5.10 Å². The van der Waals surface area contributed by atoms with Crippen molar-refractivity contribution in [2.75, 3.05) is 37.6 Å². The van der Waals surface area contributed by atoms with Crippen LogP contribution in [0.5, 0.6) is 0 Å². The molecule has 31 heavy (non-hydrogen) atoms. The van der Waals surface area contributed by atoms with Crippen molar-refractivity contribution in [1.29, 1.82) is 0 Å². The van der Waals surface area contributed by atoms with Gasteiger partial charge in [-0.1, -0.05) is 6.07 Å². The van der Waals surface area contributed by atoms with Gasteiger partial charge in [-0.3, -0.25) is 18.9 Å². The number of hydrogen-bond acceptors (Lipinski definition) is 7. The Morgan fingerprint density at radius 1 is 0.839 bits per heavy atom. The monoisotopic (exact) mass is 418 g/mol. The van der Waals surface area contributed by atoms with Gasteiger partial charge in [0.15, 0.2) is 5.82 Å². The van der Waals surface area contributed by atoms with E-state index in [4.69, 9.17) is 0 Å². The predicted octanol–water partition coefficient (Wildman–Crippen LogP) is 0.259. The number of fused-ring (bicyclic) bond motifs is 1. The maximum Gasteiger partial charge on any atom is 0.266 e. The summed E-state index contributed by atoms with van der Waals surface area (Å²) < 4.78 is 4.66.